The van der Waals surface area contributed by atoms with Gasteiger partial charge in [0.25, 0.3) is 0 Å². The minimum Gasteiger partial charge on any atom is -0.495 e. The number of aliphatic hydroxyl groups excluding tert-OH is 1. The number of aromatic nitrogens is 2. The third-order valence-corrected chi connectivity index (χ3v) is 2.33. The molecule has 0 saturated carbocycles. The zero-order chi connectivity index (χ0) is 12.3. The number of ether oxygens (including phenoxy) is 1. The van der Waals surface area contributed by atoms with Gasteiger partial charge in [-0.15, -0.1) is 0 Å². The molecule has 88 valence electrons. The molecule has 0 saturated heterocycles. The van der Waals surface area contributed by atoms with Gasteiger partial charge in [0.05, 0.1) is 13.3 Å². The molecule has 1 unspecified atom stereocenters. The second kappa shape index (κ2) is 4.88. The molecule has 0 aliphatic carbocycles. The molecular formula is C12H11FN2O2. The van der Waals surface area contributed by atoms with E-state index in [1.165, 1.54) is 37.8 Å². The second-order valence-electron chi connectivity index (χ2n) is 3.43. The Balaban J connectivity index is 2.37. The third kappa shape index (κ3) is 2.39. The van der Waals surface area contributed by atoms with Gasteiger partial charge in [0.1, 0.15) is 23.4 Å². The molecule has 1 atom stereocenters. The molecule has 0 spiro atoms. The number of hydrogen-bond donors (Lipinski definition) is 1. The lowest BCUT2D eigenvalue weighted by atomic mass is 10.1. The highest BCUT2D eigenvalue weighted by atomic mass is 19.1. The van der Waals surface area contributed by atoms with E-state index in [-0.39, 0.29) is 5.69 Å². The second-order valence-corrected chi connectivity index (χ2v) is 3.43. The summed E-state index contributed by atoms with van der Waals surface area (Å²) >= 11 is 0. The van der Waals surface area contributed by atoms with Gasteiger partial charge in [-0.25, -0.2) is 4.39 Å². The lowest BCUT2D eigenvalue weighted by Crippen LogP contribution is -2.05. The van der Waals surface area contributed by atoms with Crippen LogP contribution in [-0.2, 0) is 0 Å². The first kappa shape index (κ1) is 11.5. The summed E-state index contributed by atoms with van der Waals surface area (Å²) < 4.78 is 18.4. The average molecular weight is 234 g/mol. The highest BCUT2D eigenvalue weighted by Gasteiger charge is 2.16. The molecule has 2 aromatic rings. The molecule has 4 nitrogen and oxygen atoms in total. The summed E-state index contributed by atoms with van der Waals surface area (Å²) in [7, 11) is 1.49. The molecule has 0 amide bonds. The van der Waals surface area contributed by atoms with E-state index < -0.39 is 11.9 Å². The van der Waals surface area contributed by atoms with Crippen LogP contribution >= 0.6 is 0 Å². The van der Waals surface area contributed by atoms with E-state index in [0.717, 1.165) is 0 Å². The molecule has 0 aliphatic rings. The normalized spacial score (nSPS) is 12.2. The fraction of sp³-hybridized carbons (Fsp3) is 0.167. The maximum absolute atomic E-state index is 13.4. The Hall–Kier alpha value is -2.01. The van der Waals surface area contributed by atoms with Crippen molar-refractivity contribution in [2.75, 3.05) is 7.11 Å². The van der Waals surface area contributed by atoms with Crippen LogP contribution in [0.3, 0.4) is 0 Å². The molecule has 2 aromatic heterocycles. The Bertz CT molecular complexity index is 519. The van der Waals surface area contributed by atoms with Crippen LogP contribution in [0.15, 0.2) is 36.8 Å². The predicted molar refractivity (Wildman–Crippen MR) is 59.0 cm³/mol. The van der Waals surface area contributed by atoms with Crippen LogP contribution < -0.4 is 4.74 Å². The minimum absolute atomic E-state index is 0.0254. The van der Waals surface area contributed by atoms with Crippen LogP contribution in [-0.4, -0.2) is 22.2 Å². The van der Waals surface area contributed by atoms with E-state index in [1.54, 1.807) is 6.07 Å². The Labute approximate surface area is 97.7 Å². The van der Waals surface area contributed by atoms with Gasteiger partial charge in [-0.2, -0.15) is 0 Å². The van der Waals surface area contributed by atoms with Crippen LogP contribution in [0.4, 0.5) is 4.39 Å². The third-order valence-electron chi connectivity index (χ3n) is 2.33. The molecule has 0 radical (unpaired) electrons. The number of pyridine rings is 2. The predicted octanol–water partition coefficient (Wildman–Crippen LogP) is 1.71. The average Bonchev–Trinajstić information content (AvgIpc) is 2.38. The van der Waals surface area contributed by atoms with Crippen molar-refractivity contribution < 1.29 is 14.2 Å². The maximum Gasteiger partial charge on any atom is 0.147 e. The number of methoxy groups -OCH3 is 1. The molecule has 2 rings (SSSR count). The largest absolute Gasteiger partial charge is 0.495 e. The summed E-state index contributed by atoms with van der Waals surface area (Å²) in [5.41, 5.74) is 0.407. The highest BCUT2D eigenvalue weighted by molar-refractivity contribution is 5.30. The van der Waals surface area contributed by atoms with Crippen LogP contribution in [0.25, 0.3) is 0 Å². The molecular weight excluding hydrogens is 223 g/mol. The van der Waals surface area contributed by atoms with Gasteiger partial charge in [0, 0.05) is 18.0 Å². The molecule has 0 bridgehead atoms. The number of rotatable bonds is 3. The highest BCUT2D eigenvalue weighted by Crippen LogP contribution is 2.24. The van der Waals surface area contributed by atoms with Gasteiger partial charge in [-0.3, -0.25) is 9.97 Å². The van der Waals surface area contributed by atoms with E-state index in [9.17, 15) is 9.50 Å². The summed E-state index contributed by atoms with van der Waals surface area (Å²) in [5.74, 6) is -0.0549. The molecule has 0 fully saturated rings. The van der Waals surface area contributed by atoms with Gasteiger partial charge in [-0.05, 0) is 18.2 Å². The van der Waals surface area contributed by atoms with Crippen molar-refractivity contribution in [1.29, 1.82) is 0 Å². The fourth-order valence-corrected chi connectivity index (χ4v) is 1.45. The first-order chi connectivity index (χ1) is 8.22. The summed E-state index contributed by atoms with van der Waals surface area (Å²) in [4.78, 5) is 7.71. The van der Waals surface area contributed by atoms with Crippen LogP contribution in [0, 0.1) is 5.82 Å². The Morgan fingerprint density at radius 3 is 2.94 bits per heavy atom. The van der Waals surface area contributed by atoms with Gasteiger partial charge < -0.3 is 9.84 Å². The standard InChI is InChI=1S/C12H11FN2O2/c1-17-9-5-8(6-14-7-9)12(16)11-10(13)3-2-4-15-11/h2-7,12,16H,1H3. The number of nitrogens with zero attached hydrogens (tertiary/aromatic N) is 2. The number of hydrogen-bond acceptors (Lipinski definition) is 4. The smallest absolute Gasteiger partial charge is 0.147 e. The van der Waals surface area contributed by atoms with Gasteiger partial charge in [-0.1, -0.05) is 0 Å². The topological polar surface area (TPSA) is 55.2 Å². The lowest BCUT2D eigenvalue weighted by Gasteiger charge is -2.11. The van der Waals surface area contributed by atoms with Gasteiger partial charge in [0.15, 0.2) is 0 Å². The molecule has 17 heavy (non-hydrogen) atoms. The zero-order valence-electron chi connectivity index (χ0n) is 9.17. The summed E-state index contributed by atoms with van der Waals surface area (Å²) in [5, 5.41) is 9.99. The van der Waals surface area contributed by atoms with E-state index in [4.69, 9.17) is 4.74 Å². The van der Waals surface area contributed by atoms with Crippen molar-refractivity contribution >= 4 is 0 Å². The summed E-state index contributed by atoms with van der Waals surface area (Å²) in [6.07, 6.45) is 3.22. The lowest BCUT2D eigenvalue weighted by molar-refractivity contribution is 0.208. The Kier molecular flexibility index (Phi) is 3.30. The minimum atomic E-state index is -1.15. The van der Waals surface area contributed by atoms with Crippen molar-refractivity contribution in [3.8, 4) is 5.75 Å². The van der Waals surface area contributed by atoms with Crippen molar-refractivity contribution in [3.05, 3.63) is 53.9 Å². The van der Waals surface area contributed by atoms with Crippen molar-refractivity contribution in [3.63, 3.8) is 0 Å². The fourth-order valence-electron chi connectivity index (χ4n) is 1.45. The molecule has 2 heterocycles. The molecule has 0 aromatic carbocycles. The Morgan fingerprint density at radius 1 is 1.41 bits per heavy atom. The van der Waals surface area contributed by atoms with E-state index in [2.05, 4.69) is 9.97 Å². The summed E-state index contributed by atoms with van der Waals surface area (Å²) in [6.45, 7) is 0. The van der Waals surface area contributed by atoms with Crippen molar-refractivity contribution in [1.82, 2.24) is 9.97 Å². The van der Waals surface area contributed by atoms with Gasteiger partial charge >= 0.3 is 0 Å². The van der Waals surface area contributed by atoms with Crippen LogP contribution in [0.2, 0.25) is 0 Å². The SMILES string of the molecule is COc1cncc(C(O)c2ncccc2F)c1. The first-order valence-corrected chi connectivity index (χ1v) is 5.00. The summed E-state index contributed by atoms with van der Waals surface area (Å²) in [6, 6.07) is 4.31. The zero-order valence-corrected chi connectivity index (χ0v) is 9.17. The van der Waals surface area contributed by atoms with E-state index in [0.29, 0.717) is 11.3 Å². The number of halogens is 1. The quantitative estimate of drug-likeness (QED) is 0.878. The van der Waals surface area contributed by atoms with Crippen LogP contribution in [0.5, 0.6) is 5.75 Å². The van der Waals surface area contributed by atoms with Crippen molar-refractivity contribution in [2.45, 2.75) is 6.10 Å². The monoisotopic (exact) mass is 234 g/mol. The molecule has 0 aliphatic heterocycles. The first-order valence-electron chi connectivity index (χ1n) is 5.00. The number of aliphatic hydroxyl groups is 1. The maximum atomic E-state index is 13.4. The van der Waals surface area contributed by atoms with E-state index in [1.807, 2.05) is 0 Å². The molecule has 1 N–H and O–H groups in total. The van der Waals surface area contributed by atoms with Gasteiger partial charge in [0.2, 0.25) is 0 Å². The van der Waals surface area contributed by atoms with Crippen LogP contribution in [0.1, 0.15) is 17.4 Å². The van der Waals surface area contributed by atoms with E-state index >= 15 is 0 Å². The van der Waals surface area contributed by atoms with Crippen molar-refractivity contribution in [2.24, 2.45) is 0 Å². The molecule has 5 heteroatoms. The Morgan fingerprint density at radius 2 is 2.24 bits per heavy atom.